The molecule has 0 saturated carbocycles. The maximum absolute atomic E-state index is 8.63. The van der Waals surface area contributed by atoms with Crippen LogP contribution in [0.1, 0.15) is 0 Å². The van der Waals surface area contributed by atoms with Gasteiger partial charge in [-0.15, -0.1) is 0 Å². The summed E-state index contributed by atoms with van der Waals surface area (Å²) in [7, 11) is 0. The summed E-state index contributed by atoms with van der Waals surface area (Å²) in [4.78, 5) is 0. The summed E-state index contributed by atoms with van der Waals surface area (Å²) >= 11 is -6.02. The van der Waals surface area contributed by atoms with Gasteiger partial charge in [-0.25, -0.2) is 0 Å². The number of hydrogen-bond donors (Lipinski definition) is 0. The third-order valence-electron chi connectivity index (χ3n) is 0. The van der Waals surface area contributed by atoms with Gasteiger partial charge in [0, 0.05) is 0 Å². The first kappa shape index (κ1) is 10.2. The second-order valence-electron chi connectivity index (χ2n) is 0.408. The molecule has 0 aromatic rings. The second-order valence-corrected chi connectivity index (χ2v) is 2.42. The molecule has 6 heteroatoms. The van der Waals surface area contributed by atoms with Crippen LogP contribution in [0.3, 0.4) is 0 Å². The Morgan fingerprint density at radius 3 is 1.17 bits per heavy atom. The Morgan fingerprint density at radius 2 is 1.17 bits per heavy atom. The second kappa shape index (κ2) is 3.17. The molecule has 0 rings (SSSR count). The zero-order valence-electron chi connectivity index (χ0n) is 2.75. The monoisotopic (exact) mass is 276 g/mol. The third-order valence-corrected chi connectivity index (χ3v) is 0. The van der Waals surface area contributed by atoms with Gasteiger partial charge >= 0.3 is 58.4 Å². The topological polar surface area (TPSA) is 80.3 Å². The van der Waals surface area contributed by atoms with Crippen LogP contribution in [0.15, 0.2) is 0 Å². The van der Waals surface area contributed by atoms with Crippen molar-refractivity contribution in [1.29, 1.82) is 0 Å². The molecule has 0 N–H and O–H groups in total. The molecular formula is CdMoO4. The van der Waals surface area contributed by atoms with Gasteiger partial charge in [-0.3, -0.25) is 0 Å². The summed E-state index contributed by atoms with van der Waals surface area (Å²) in [6.45, 7) is 0. The van der Waals surface area contributed by atoms with Gasteiger partial charge < -0.3 is 0 Å². The maximum atomic E-state index is 8.63. The summed E-state index contributed by atoms with van der Waals surface area (Å²) < 4.78 is 34.5. The van der Waals surface area contributed by atoms with Crippen LogP contribution >= 0.6 is 0 Å². The molecule has 0 radical (unpaired) electrons. The number of hydrogen-bond acceptors (Lipinski definition) is 4. The van der Waals surface area contributed by atoms with Crippen molar-refractivity contribution < 1.29 is 58.4 Å². The summed E-state index contributed by atoms with van der Waals surface area (Å²) in [5, 5.41) is 0. The summed E-state index contributed by atoms with van der Waals surface area (Å²) in [5.74, 6) is 0. The molecule has 0 bridgehead atoms. The Morgan fingerprint density at radius 1 is 1.17 bits per heavy atom. The van der Waals surface area contributed by atoms with Crippen molar-refractivity contribution in [3.8, 4) is 0 Å². The van der Waals surface area contributed by atoms with Crippen LogP contribution in [-0.4, -0.2) is 0 Å². The predicted molar refractivity (Wildman–Crippen MR) is 1.37 cm³/mol. The van der Waals surface area contributed by atoms with Gasteiger partial charge in [0.1, 0.15) is 0 Å². The molecule has 0 heterocycles. The van der Waals surface area contributed by atoms with Crippen LogP contribution in [0.2, 0.25) is 0 Å². The molecule has 4 nitrogen and oxygen atoms in total. The molecule has 0 saturated heterocycles. The zero-order chi connectivity index (χ0) is 4.50. The van der Waals surface area contributed by atoms with Gasteiger partial charge in [0.25, 0.3) is 0 Å². The fourth-order valence-corrected chi connectivity index (χ4v) is 0. The molecule has 0 aliphatic carbocycles. The van der Waals surface area contributed by atoms with Crippen molar-refractivity contribution in [2.75, 3.05) is 0 Å². The average molecular weight is 272 g/mol. The number of rotatable bonds is 0. The Bertz CT molecular complexity index is 90.7. The van der Waals surface area contributed by atoms with E-state index in [1.807, 2.05) is 0 Å². The van der Waals surface area contributed by atoms with E-state index in [4.69, 9.17) is 14.3 Å². The minimum atomic E-state index is -6.02. The van der Waals surface area contributed by atoms with E-state index in [0.717, 1.165) is 0 Å². The summed E-state index contributed by atoms with van der Waals surface area (Å²) in [6.07, 6.45) is 0. The van der Waals surface area contributed by atoms with Crippen molar-refractivity contribution >= 4 is 0 Å². The van der Waals surface area contributed by atoms with Crippen LogP contribution in [0.5, 0.6) is 0 Å². The SMILES string of the molecule is [Cd+2].[O]=[Mo](=[O])([O-])[O-]. The van der Waals surface area contributed by atoms with Gasteiger partial charge in [0.05, 0.1) is 0 Å². The van der Waals surface area contributed by atoms with Crippen molar-refractivity contribution in [3.63, 3.8) is 0 Å². The van der Waals surface area contributed by atoms with Crippen molar-refractivity contribution in [2.24, 2.45) is 0 Å². The molecule has 0 spiro atoms. The standard InChI is InChI=1S/Cd.Mo.4O/q+2;;;;2*-1. The van der Waals surface area contributed by atoms with E-state index in [0.29, 0.717) is 0 Å². The Balaban J connectivity index is 0. The quantitative estimate of drug-likeness (QED) is 0.452. The molecule has 32 valence electrons. The summed E-state index contributed by atoms with van der Waals surface area (Å²) in [6, 6.07) is 0. The molecule has 0 amide bonds. The average Bonchev–Trinajstić information content (AvgIpc) is 0.722. The first-order valence-corrected chi connectivity index (χ1v) is 3.94. The van der Waals surface area contributed by atoms with E-state index in [9.17, 15) is 0 Å². The van der Waals surface area contributed by atoms with Crippen molar-refractivity contribution in [1.82, 2.24) is 0 Å². The Kier molecular flexibility index (Phi) is 5.39. The first-order chi connectivity index (χ1) is 2.00. The molecule has 0 atom stereocenters. The normalized spacial score (nSPS) is 9.67. The molecule has 0 aromatic carbocycles. The van der Waals surface area contributed by atoms with Gasteiger partial charge in [-0.05, 0) is 0 Å². The predicted octanol–water partition coefficient (Wildman–Crippen LogP) is -2.62. The van der Waals surface area contributed by atoms with E-state index < -0.39 is 16.7 Å². The molecule has 0 unspecified atom stereocenters. The van der Waals surface area contributed by atoms with E-state index in [2.05, 4.69) is 0 Å². The van der Waals surface area contributed by atoms with Crippen molar-refractivity contribution in [2.45, 2.75) is 0 Å². The van der Waals surface area contributed by atoms with Crippen LogP contribution in [-0.2, 0) is 50.8 Å². The van der Waals surface area contributed by atoms with E-state index in [1.165, 1.54) is 0 Å². The van der Waals surface area contributed by atoms with Gasteiger partial charge in [0.15, 0.2) is 0 Å². The van der Waals surface area contributed by atoms with Crippen molar-refractivity contribution in [3.05, 3.63) is 0 Å². The van der Waals surface area contributed by atoms with E-state index in [-0.39, 0.29) is 27.3 Å². The molecular weight excluding hydrogens is 272 g/mol. The third kappa shape index (κ3) is 68.5. The summed E-state index contributed by atoms with van der Waals surface area (Å²) in [5.41, 5.74) is 0. The molecule has 0 aromatic heterocycles. The zero-order valence-corrected chi connectivity index (χ0v) is 8.79. The Labute approximate surface area is 58.1 Å². The van der Waals surface area contributed by atoms with E-state index >= 15 is 0 Å². The molecule has 0 aliphatic rings. The van der Waals surface area contributed by atoms with Crippen LogP contribution in [0.4, 0.5) is 0 Å². The first-order valence-electron chi connectivity index (χ1n) is 0.667. The fourth-order valence-electron chi connectivity index (χ4n) is 0. The fraction of sp³-hybridized carbons (Fsp3) is 0. The van der Waals surface area contributed by atoms with Crippen LogP contribution in [0.25, 0.3) is 0 Å². The van der Waals surface area contributed by atoms with Gasteiger partial charge in [0.2, 0.25) is 0 Å². The van der Waals surface area contributed by atoms with Crippen LogP contribution < -0.4 is 7.52 Å². The van der Waals surface area contributed by atoms with Crippen LogP contribution in [0, 0.1) is 0 Å². The Hall–Kier alpha value is 1.13. The minimum absolute atomic E-state index is 0. The molecule has 0 aliphatic heterocycles. The van der Waals surface area contributed by atoms with Gasteiger partial charge in [-0.1, -0.05) is 0 Å². The molecule has 6 heavy (non-hydrogen) atoms. The molecule has 0 fully saturated rings. The van der Waals surface area contributed by atoms with Gasteiger partial charge in [-0.2, -0.15) is 0 Å². The van der Waals surface area contributed by atoms with E-state index in [1.54, 1.807) is 0 Å².